The number of amides is 1. The Balaban J connectivity index is 2.28. The quantitative estimate of drug-likeness (QED) is 0.781. The van der Waals surface area contributed by atoms with Gasteiger partial charge in [0.05, 0.1) is 6.61 Å². The van der Waals surface area contributed by atoms with Gasteiger partial charge in [0.2, 0.25) is 5.91 Å². The number of rotatable bonds is 7. The highest BCUT2D eigenvalue weighted by Crippen LogP contribution is 2.15. The Morgan fingerprint density at radius 2 is 1.94 bits per heavy atom. The molecule has 0 aromatic heterocycles. The van der Waals surface area contributed by atoms with Crippen molar-refractivity contribution in [1.82, 2.24) is 5.32 Å². The summed E-state index contributed by atoms with van der Waals surface area (Å²) < 4.78 is 5.36. The summed E-state index contributed by atoms with van der Waals surface area (Å²) in [6, 6.07) is 7.93. The lowest BCUT2D eigenvalue weighted by atomic mass is 10.3. The summed E-state index contributed by atoms with van der Waals surface area (Å²) in [5.41, 5.74) is 0.996. The van der Waals surface area contributed by atoms with Gasteiger partial charge in [-0.15, -0.1) is 0 Å². The van der Waals surface area contributed by atoms with E-state index in [0.717, 1.165) is 11.4 Å². The largest absolute Gasteiger partial charge is 0.494 e. The first-order valence-corrected chi connectivity index (χ1v) is 6.38. The number of hydrogen-bond acceptors (Lipinski definition) is 3. The molecular formula is C14H22N2O2. The van der Waals surface area contributed by atoms with Crippen LogP contribution in [0.5, 0.6) is 5.75 Å². The lowest BCUT2D eigenvalue weighted by molar-refractivity contribution is -0.121. The van der Waals surface area contributed by atoms with Gasteiger partial charge in [-0.25, -0.2) is 0 Å². The molecule has 4 nitrogen and oxygen atoms in total. The molecule has 1 aromatic rings. The van der Waals surface area contributed by atoms with E-state index in [4.69, 9.17) is 4.74 Å². The summed E-state index contributed by atoms with van der Waals surface area (Å²) in [5.74, 6) is 0.934. The number of hydrogen-bond donors (Lipinski definition) is 2. The number of carbonyl (C=O) groups excluding carboxylic acids is 1. The van der Waals surface area contributed by atoms with Crippen molar-refractivity contribution in [3.05, 3.63) is 24.3 Å². The molecule has 1 rings (SSSR count). The standard InChI is InChI=1S/C14H22N2O2/c1-4-18-13-7-5-12(6-8-13)15-10-9-14(17)16-11(2)3/h5-8,11,15H,4,9-10H2,1-3H3,(H,16,17). The molecule has 0 spiro atoms. The molecular weight excluding hydrogens is 228 g/mol. The van der Waals surface area contributed by atoms with E-state index < -0.39 is 0 Å². The minimum atomic E-state index is 0.0726. The molecule has 0 saturated heterocycles. The van der Waals surface area contributed by atoms with Crippen LogP contribution < -0.4 is 15.4 Å². The van der Waals surface area contributed by atoms with Crippen LogP contribution in [-0.2, 0) is 4.79 Å². The van der Waals surface area contributed by atoms with Crippen LogP contribution in [0.1, 0.15) is 27.2 Å². The second kappa shape index (κ2) is 7.58. The first-order chi connectivity index (χ1) is 8.61. The zero-order chi connectivity index (χ0) is 13.4. The van der Waals surface area contributed by atoms with Crippen LogP contribution in [0.4, 0.5) is 5.69 Å². The van der Waals surface area contributed by atoms with Crippen molar-refractivity contribution in [1.29, 1.82) is 0 Å². The summed E-state index contributed by atoms with van der Waals surface area (Å²) in [6.07, 6.45) is 0.478. The Hall–Kier alpha value is -1.71. The molecule has 18 heavy (non-hydrogen) atoms. The molecule has 1 aromatic carbocycles. The average molecular weight is 250 g/mol. The van der Waals surface area contributed by atoms with Crippen molar-refractivity contribution in [3.8, 4) is 5.75 Å². The molecule has 0 aliphatic rings. The van der Waals surface area contributed by atoms with E-state index in [0.29, 0.717) is 19.6 Å². The molecule has 0 fully saturated rings. The Morgan fingerprint density at radius 3 is 2.50 bits per heavy atom. The molecule has 2 N–H and O–H groups in total. The molecule has 0 saturated carbocycles. The van der Waals surface area contributed by atoms with Gasteiger partial charge in [-0.2, -0.15) is 0 Å². The van der Waals surface area contributed by atoms with Crippen LogP contribution in [0.3, 0.4) is 0 Å². The van der Waals surface area contributed by atoms with Gasteiger partial charge in [-0.05, 0) is 45.0 Å². The first-order valence-electron chi connectivity index (χ1n) is 6.38. The maximum absolute atomic E-state index is 11.4. The fourth-order valence-electron chi connectivity index (χ4n) is 1.55. The van der Waals surface area contributed by atoms with Gasteiger partial charge in [-0.3, -0.25) is 4.79 Å². The minimum Gasteiger partial charge on any atom is -0.494 e. The zero-order valence-corrected chi connectivity index (χ0v) is 11.3. The summed E-state index contributed by atoms with van der Waals surface area (Å²) in [7, 11) is 0. The number of benzene rings is 1. The maximum Gasteiger partial charge on any atom is 0.221 e. The number of anilines is 1. The van der Waals surface area contributed by atoms with E-state index in [1.54, 1.807) is 0 Å². The Bertz CT molecular complexity index is 361. The van der Waals surface area contributed by atoms with Crippen molar-refractivity contribution in [3.63, 3.8) is 0 Å². The second-order valence-corrected chi connectivity index (χ2v) is 4.36. The van der Waals surface area contributed by atoms with Crippen LogP contribution in [0, 0.1) is 0 Å². The predicted octanol–water partition coefficient (Wildman–Crippen LogP) is 2.41. The SMILES string of the molecule is CCOc1ccc(NCCC(=O)NC(C)C)cc1. The van der Waals surface area contributed by atoms with E-state index in [9.17, 15) is 4.79 Å². The van der Waals surface area contributed by atoms with E-state index in [1.165, 1.54) is 0 Å². The number of nitrogens with one attached hydrogen (secondary N) is 2. The van der Waals surface area contributed by atoms with Gasteiger partial charge < -0.3 is 15.4 Å². The molecule has 0 aliphatic heterocycles. The van der Waals surface area contributed by atoms with Gasteiger partial charge in [0.25, 0.3) is 0 Å². The lowest BCUT2D eigenvalue weighted by Crippen LogP contribution is -2.31. The summed E-state index contributed by atoms with van der Waals surface area (Å²) >= 11 is 0. The number of carbonyl (C=O) groups is 1. The van der Waals surface area contributed by atoms with Crippen molar-refractivity contribution in [2.45, 2.75) is 33.2 Å². The van der Waals surface area contributed by atoms with Crippen molar-refractivity contribution >= 4 is 11.6 Å². The highest BCUT2D eigenvalue weighted by molar-refractivity contribution is 5.76. The van der Waals surface area contributed by atoms with Crippen LogP contribution in [0.25, 0.3) is 0 Å². The van der Waals surface area contributed by atoms with Crippen molar-refractivity contribution in [2.24, 2.45) is 0 Å². The molecule has 4 heteroatoms. The fraction of sp³-hybridized carbons (Fsp3) is 0.500. The summed E-state index contributed by atoms with van der Waals surface area (Å²) in [6.45, 7) is 7.17. The monoisotopic (exact) mass is 250 g/mol. The van der Waals surface area contributed by atoms with Gasteiger partial charge in [0, 0.05) is 24.7 Å². The molecule has 100 valence electrons. The normalized spacial score (nSPS) is 10.2. The van der Waals surface area contributed by atoms with Gasteiger partial charge >= 0.3 is 0 Å². The molecule has 0 bridgehead atoms. The fourth-order valence-corrected chi connectivity index (χ4v) is 1.55. The Labute approximate surface area is 109 Å². The van der Waals surface area contributed by atoms with Crippen molar-refractivity contribution in [2.75, 3.05) is 18.5 Å². The summed E-state index contributed by atoms with van der Waals surface area (Å²) in [5, 5.41) is 6.06. The van der Waals surface area contributed by atoms with E-state index >= 15 is 0 Å². The van der Waals surface area contributed by atoms with E-state index in [2.05, 4.69) is 10.6 Å². The minimum absolute atomic E-state index is 0.0726. The lowest BCUT2D eigenvalue weighted by Gasteiger charge is -2.10. The van der Waals surface area contributed by atoms with E-state index in [-0.39, 0.29) is 11.9 Å². The molecule has 0 radical (unpaired) electrons. The van der Waals surface area contributed by atoms with Gasteiger partial charge in [0.15, 0.2) is 0 Å². The molecule has 0 atom stereocenters. The molecule has 0 aliphatic carbocycles. The van der Waals surface area contributed by atoms with Gasteiger partial charge in [-0.1, -0.05) is 0 Å². The number of ether oxygens (including phenoxy) is 1. The topological polar surface area (TPSA) is 50.4 Å². The van der Waals surface area contributed by atoms with Crippen LogP contribution in [0.15, 0.2) is 24.3 Å². The zero-order valence-electron chi connectivity index (χ0n) is 11.3. The first kappa shape index (κ1) is 14.4. The van der Waals surface area contributed by atoms with Crippen molar-refractivity contribution < 1.29 is 9.53 Å². The predicted molar refractivity (Wildman–Crippen MR) is 74.0 cm³/mol. The van der Waals surface area contributed by atoms with E-state index in [1.807, 2.05) is 45.0 Å². The Morgan fingerprint density at radius 1 is 1.28 bits per heavy atom. The van der Waals surface area contributed by atoms with Crippen LogP contribution >= 0.6 is 0 Å². The van der Waals surface area contributed by atoms with Gasteiger partial charge in [0.1, 0.15) is 5.75 Å². The highest BCUT2D eigenvalue weighted by atomic mass is 16.5. The smallest absolute Gasteiger partial charge is 0.221 e. The Kier molecular flexibility index (Phi) is 6.05. The summed E-state index contributed by atoms with van der Waals surface area (Å²) in [4.78, 5) is 11.4. The van der Waals surface area contributed by atoms with Crippen LogP contribution in [0.2, 0.25) is 0 Å². The third-order valence-corrected chi connectivity index (χ3v) is 2.30. The third kappa shape index (κ3) is 5.57. The second-order valence-electron chi connectivity index (χ2n) is 4.36. The average Bonchev–Trinajstić information content (AvgIpc) is 2.31. The van der Waals surface area contributed by atoms with Crippen LogP contribution in [-0.4, -0.2) is 25.1 Å². The molecule has 1 amide bonds. The molecule has 0 heterocycles. The highest BCUT2D eigenvalue weighted by Gasteiger charge is 2.02. The third-order valence-electron chi connectivity index (χ3n) is 2.30. The molecule has 0 unspecified atom stereocenters. The maximum atomic E-state index is 11.4.